The highest BCUT2D eigenvalue weighted by molar-refractivity contribution is 7.80. The van der Waals surface area contributed by atoms with E-state index in [1.165, 1.54) is 24.8 Å². The first-order chi connectivity index (χ1) is 8.36. The van der Waals surface area contributed by atoms with Crippen LogP contribution in [0.5, 0.6) is 5.75 Å². The van der Waals surface area contributed by atoms with Gasteiger partial charge in [0, 0.05) is 5.75 Å². The van der Waals surface area contributed by atoms with Gasteiger partial charge in [-0.2, -0.15) is 12.6 Å². The SMILES string of the molecule is CCCCCCOc1ccc(C=CCS)cc1. The van der Waals surface area contributed by atoms with Crippen LogP contribution in [0.2, 0.25) is 0 Å². The van der Waals surface area contributed by atoms with Crippen molar-refractivity contribution in [3.63, 3.8) is 0 Å². The van der Waals surface area contributed by atoms with E-state index in [1.54, 1.807) is 0 Å². The van der Waals surface area contributed by atoms with Gasteiger partial charge in [-0.1, -0.05) is 50.5 Å². The Labute approximate surface area is 110 Å². The molecule has 0 atom stereocenters. The van der Waals surface area contributed by atoms with Gasteiger partial charge in [-0.3, -0.25) is 0 Å². The van der Waals surface area contributed by atoms with Gasteiger partial charge in [-0.25, -0.2) is 0 Å². The topological polar surface area (TPSA) is 9.23 Å². The van der Waals surface area contributed by atoms with Crippen LogP contribution >= 0.6 is 12.6 Å². The number of hydrogen-bond acceptors (Lipinski definition) is 2. The highest BCUT2D eigenvalue weighted by Gasteiger charge is 1.93. The molecule has 0 N–H and O–H groups in total. The molecule has 0 saturated heterocycles. The second-order valence-electron chi connectivity index (χ2n) is 4.06. The van der Waals surface area contributed by atoms with Crippen LogP contribution in [0.3, 0.4) is 0 Å². The number of unbranched alkanes of at least 4 members (excludes halogenated alkanes) is 3. The molecule has 1 rings (SSSR count). The average Bonchev–Trinajstić information content (AvgIpc) is 2.37. The zero-order chi connectivity index (χ0) is 12.3. The third kappa shape index (κ3) is 6.42. The van der Waals surface area contributed by atoms with Crippen molar-refractivity contribution in [1.29, 1.82) is 0 Å². The lowest BCUT2D eigenvalue weighted by molar-refractivity contribution is 0.305. The smallest absolute Gasteiger partial charge is 0.119 e. The molecule has 0 amide bonds. The quantitative estimate of drug-likeness (QED) is 0.524. The minimum atomic E-state index is 0.773. The fourth-order valence-electron chi connectivity index (χ4n) is 1.58. The molecular weight excluding hydrogens is 228 g/mol. The molecule has 0 unspecified atom stereocenters. The molecule has 17 heavy (non-hydrogen) atoms. The Morgan fingerprint density at radius 3 is 2.53 bits per heavy atom. The first kappa shape index (κ1) is 14.2. The molecule has 0 bridgehead atoms. The van der Waals surface area contributed by atoms with Crippen LogP contribution in [0, 0.1) is 0 Å². The Balaban J connectivity index is 2.28. The Bertz CT molecular complexity index is 316. The summed E-state index contributed by atoms with van der Waals surface area (Å²) in [5.41, 5.74) is 1.19. The lowest BCUT2D eigenvalue weighted by Crippen LogP contribution is -1.96. The molecule has 1 aromatic carbocycles. The highest BCUT2D eigenvalue weighted by Crippen LogP contribution is 2.14. The molecule has 0 fully saturated rings. The van der Waals surface area contributed by atoms with E-state index >= 15 is 0 Å². The molecular formula is C15H22OS. The molecule has 0 aromatic heterocycles. The van der Waals surface area contributed by atoms with Crippen molar-refractivity contribution in [2.45, 2.75) is 32.6 Å². The second-order valence-corrected chi connectivity index (χ2v) is 4.43. The second kappa shape index (κ2) is 9.17. The molecule has 0 aliphatic heterocycles. The van der Waals surface area contributed by atoms with Crippen molar-refractivity contribution < 1.29 is 4.74 Å². The summed E-state index contributed by atoms with van der Waals surface area (Å²) in [4.78, 5) is 0. The van der Waals surface area contributed by atoms with E-state index in [0.717, 1.165) is 24.5 Å². The van der Waals surface area contributed by atoms with E-state index in [2.05, 4.69) is 37.8 Å². The molecule has 1 nitrogen and oxygen atoms in total. The molecule has 0 aliphatic rings. The molecule has 2 heteroatoms. The van der Waals surface area contributed by atoms with Crippen LogP contribution in [0.15, 0.2) is 30.3 Å². The molecule has 0 saturated carbocycles. The summed E-state index contributed by atoms with van der Waals surface area (Å²) in [6, 6.07) is 8.19. The van der Waals surface area contributed by atoms with Gasteiger partial charge in [0.15, 0.2) is 0 Å². The number of hydrogen-bond donors (Lipinski definition) is 1. The summed E-state index contributed by atoms with van der Waals surface area (Å²) < 4.78 is 5.67. The van der Waals surface area contributed by atoms with Gasteiger partial charge in [0.2, 0.25) is 0 Å². The van der Waals surface area contributed by atoms with Crippen LogP contribution in [0.1, 0.15) is 38.2 Å². The normalized spacial score (nSPS) is 10.9. The molecule has 0 radical (unpaired) electrons. The zero-order valence-corrected chi connectivity index (χ0v) is 11.5. The Morgan fingerprint density at radius 1 is 1.12 bits per heavy atom. The lowest BCUT2D eigenvalue weighted by Gasteiger charge is -2.05. The van der Waals surface area contributed by atoms with Gasteiger partial charge in [0.25, 0.3) is 0 Å². The average molecular weight is 250 g/mol. The summed E-state index contributed by atoms with van der Waals surface area (Å²) in [5.74, 6) is 1.74. The van der Waals surface area contributed by atoms with E-state index in [0.29, 0.717) is 0 Å². The maximum absolute atomic E-state index is 5.67. The van der Waals surface area contributed by atoms with E-state index < -0.39 is 0 Å². The minimum absolute atomic E-state index is 0.773. The monoisotopic (exact) mass is 250 g/mol. The first-order valence-corrected chi connectivity index (χ1v) is 7.00. The summed E-state index contributed by atoms with van der Waals surface area (Å²) in [7, 11) is 0. The number of benzene rings is 1. The largest absolute Gasteiger partial charge is 0.494 e. The molecule has 0 spiro atoms. The van der Waals surface area contributed by atoms with Crippen molar-refractivity contribution >= 4 is 18.7 Å². The van der Waals surface area contributed by atoms with E-state index in [-0.39, 0.29) is 0 Å². The summed E-state index contributed by atoms with van der Waals surface area (Å²) in [6.45, 7) is 3.05. The van der Waals surface area contributed by atoms with Gasteiger partial charge in [0.1, 0.15) is 5.75 Å². The molecule has 1 aromatic rings. The maximum atomic E-state index is 5.67. The maximum Gasteiger partial charge on any atom is 0.119 e. The van der Waals surface area contributed by atoms with Crippen molar-refractivity contribution in [3.8, 4) is 5.75 Å². The van der Waals surface area contributed by atoms with Gasteiger partial charge in [-0.15, -0.1) is 0 Å². The first-order valence-electron chi connectivity index (χ1n) is 6.37. The molecule has 0 aliphatic carbocycles. The van der Waals surface area contributed by atoms with Crippen LogP contribution in [-0.4, -0.2) is 12.4 Å². The van der Waals surface area contributed by atoms with E-state index in [1.807, 2.05) is 18.2 Å². The fourth-order valence-corrected chi connectivity index (χ4v) is 1.69. The van der Waals surface area contributed by atoms with Crippen LogP contribution in [0.25, 0.3) is 6.08 Å². The third-order valence-corrected chi connectivity index (χ3v) is 2.77. The standard InChI is InChI=1S/C15H22OS/c1-2-3-4-5-12-16-15-10-8-14(9-11-15)7-6-13-17/h6-11,17H,2-5,12-13H2,1H3. The number of ether oxygens (including phenoxy) is 1. The Hall–Kier alpha value is -0.890. The van der Waals surface area contributed by atoms with Gasteiger partial charge >= 0.3 is 0 Å². The van der Waals surface area contributed by atoms with Gasteiger partial charge in [-0.05, 0) is 24.1 Å². The lowest BCUT2D eigenvalue weighted by atomic mass is 10.2. The fraction of sp³-hybridized carbons (Fsp3) is 0.467. The van der Waals surface area contributed by atoms with E-state index in [9.17, 15) is 0 Å². The van der Waals surface area contributed by atoms with Gasteiger partial charge < -0.3 is 4.74 Å². The summed E-state index contributed by atoms with van der Waals surface area (Å²) in [5, 5.41) is 0. The van der Waals surface area contributed by atoms with Crippen molar-refractivity contribution in [3.05, 3.63) is 35.9 Å². The van der Waals surface area contributed by atoms with Crippen molar-refractivity contribution in [2.24, 2.45) is 0 Å². The highest BCUT2D eigenvalue weighted by atomic mass is 32.1. The minimum Gasteiger partial charge on any atom is -0.494 e. The van der Waals surface area contributed by atoms with E-state index in [4.69, 9.17) is 4.74 Å². The Morgan fingerprint density at radius 2 is 1.88 bits per heavy atom. The van der Waals surface area contributed by atoms with Crippen LogP contribution in [-0.2, 0) is 0 Å². The number of thiol groups is 1. The van der Waals surface area contributed by atoms with Crippen LogP contribution in [0.4, 0.5) is 0 Å². The van der Waals surface area contributed by atoms with Crippen LogP contribution < -0.4 is 4.74 Å². The van der Waals surface area contributed by atoms with Gasteiger partial charge in [0.05, 0.1) is 6.61 Å². The molecule has 0 heterocycles. The summed E-state index contributed by atoms with van der Waals surface area (Å²) >= 11 is 4.13. The Kier molecular flexibility index (Phi) is 7.65. The zero-order valence-electron chi connectivity index (χ0n) is 10.6. The molecule has 94 valence electrons. The number of rotatable bonds is 8. The third-order valence-electron chi connectivity index (χ3n) is 2.56. The predicted octanol–water partition coefficient (Wildman–Crippen LogP) is 4.59. The van der Waals surface area contributed by atoms with Crippen molar-refractivity contribution in [1.82, 2.24) is 0 Å². The van der Waals surface area contributed by atoms with Crippen molar-refractivity contribution in [2.75, 3.05) is 12.4 Å². The predicted molar refractivity (Wildman–Crippen MR) is 79.0 cm³/mol. The summed E-state index contributed by atoms with van der Waals surface area (Å²) in [6.07, 6.45) is 9.08.